The molecule has 0 aromatic heterocycles. The number of rotatable bonds is 8. The third-order valence-electron chi connectivity index (χ3n) is 4.13. The zero-order valence-corrected chi connectivity index (χ0v) is 15.7. The highest BCUT2D eigenvalue weighted by molar-refractivity contribution is 7.88. The minimum Gasteiger partial charge on any atom is -0.379 e. The number of carbonyl (C=O) groups excluding carboxylic acids is 1. The Hall–Kier alpha value is -1.48. The largest absolute Gasteiger partial charge is 0.379 e. The molecule has 25 heavy (non-hydrogen) atoms. The monoisotopic (exact) mass is 369 g/mol. The van der Waals surface area contributed by atoms with Gasteiger partial charge in [0.1, 0.15) is 0 Å². The number of ether oxygens (including phenoxy) is 1. The molecule has 1 aromatic carbocycles. The third-order valence-corrected chi connectivity index (χ3v) is 5.38. The van der Waals surface area contributed by atoms with E-state index in [1.165, 1.54) is 4.31 Å². The van der Waals surface area contributed by atoms with Gasteiger partial charge in [-0.25, -0.2) is 8.42 Å². The van der Waals surface area contributed by atoms with Crippen molar-refractivity contribution in [2.45, 2.75) is 13.5 Å². The lowest BCUT2D eigenvalue weighted by Gasteiger charge is -2.29. The molecule has 1 aliphatic heterocycles. The predicted molar refractivity (Wildman–Crippen MR) is 96.7 cm³/mol. The van der Waals surface area contributed by atoms with Gasteiger partial charge in [-0.15, -0.1) is 0 Å². The van der Waals surface area contributed by atoms with Crippen LogP contribution in [0.3, 0.4) is 0 Å². The average molecular weight is 369 g/mol. The lowest BCUT2D eigenvalue weighted by molar-refractivity contribution is -0.121. The van der Waals surface area contributed by atoms with Crippen LogP contribution in [0.5, 0.6) is 0 Å². The van der Waals surface area contributed by atoms with E-state index in [0.29, 0.717) is 32.8 Å². The summed E-state index contributed by atoms with van der Waals surface area (Å²) in [4.78, 5) is 14.3. The molecule has 0 atom stereocenters. The van der Waals surface area contributed by atoms with Crippen LogP contribution in [0.25, 0.3) is 0 Å². The van der Waals surface area contributed by atoms with Gasteiger partial charge in [0.05, 0.1) is 26.0 Å². The zero-order chi connectivity index (χ0) is 18.3. The highest BCUT2D eigenvalue weighted by Gasteiger charge is 2.21. The summed E-state index contributed by atoms with van der Waals surface area (Å²) in [5.74, 6) is -0.297. The van der Waals surface area contributed by atoms with Gasteiger partial charge in [-0.3, -0.25) is 9.69 Å². The molecule has 0 aliphatic carbocycles. The van der Waals surface area contributed by atoms with E-state index in [2.05, 4.69) is 10.2 Å². The summed E-state index contributed by atoms with van der Waals surface area (Å²) in [6.45, 7) is 6.03. The van der Waals surface area contributed by atoms with Crippen molar-refractivity contribution in [3.63, 3.8) is 0 Å². The second-order valence-corrected chi connectivity index (χ2v) is 8.30. The highest BCUT2D eigenvalue weighted by atomic mass is 32.2. The van der Waals surface area contributed by atoms with Crippen molar-refractivity contribution in [3.05, 3.63) is 35.4 Å². The molecule has 0 unspecified atom stereocenters. The van der Waals surface area contributed by atoms with Gasteiger partial charge in [0, 0.05) is 32.7 Å². The van der Waals surface area contributed by atoms with Crippen LogP contribution < -0.4 is 5.32 Å². The lowest BCUT2D eigenvalue weighted by atomic mass is 10.1. The maximum absolute atomic E-state index is 12.2. The first-order chi connectivity index (χ1) is 11.8. The van der Waals surface area contributed by atoms with Crippen LogP contribution in [0.4, 0.5) is 0 Å². The second kappa shape index (κ2) is 9.28. The van der Waals surface area contributed by atoms with Crippen molar-refractivity contribution in [1.29, 1.82) is 0 Å². The summed E-state index contributed by atoms with van der Waals surface area (Å²) in [5, 5.41) is 2.79. The van der Waals surface area contributed by atoms with Gasteiger partial charge in [-0.1, -0.05) is 29.8 Å². The summed E-state index contributed by atoms with van der Waals surface area (Å²) >= 11 is 0. The smallest absolute Gasteiger partial charge is 0.235 e. The minimum atomic E-state index is -3.44. The van der Waals surface area contributed by atoms with Crippen molar-refractivity contribution < 1.29 is 17.9 Å². The fraction of sp³-hybridized carbons (Fsp3) is 0.588. The van der Waals surface area contributed by atoms with Crippen LogP contribution in [0, 0.1) is 6.92 Å². The molecular formula is C17H27N3O4S. The molecule has 7 nitrogen and oxygen atoms in total. The standard InChI is InChI=1S/C17H27N3O4S/c1-15-4-3-5-16(12-15)13-18-17(21)14-20(25(2,22)23)7-6-19-8-10-24-11-9-19/h3-5,12H,6-11,13-14H2,1-2H3,(H,18,21). The molecule has 1 fully saturated rings. The Morgan fingerprint density at radius 2 is 2.04 bits per heavy atom. The van der Waals surface area contributed by atoms with E-state index >= 15 is 0 Å². The molecule has 0 bridgehead atoms. The Balaban J connectivity index is 1.84. The van der Waals surface area contributed by atoms with Crippen molar-refractivity contribution in [1.82, 2.24) is 14.5 Å². The van der Waals surface area contributed by atoms with Crippen LogP contribution in [0.2, 0.25) is 0 Å². The lowest BCUT2D eigenvalue weighted by Crippen LogP contribution is -2.45. The number of nitrogens with zero attached hydrogens (tertiary/aromatic N) is 2. The first kappa shape index (κ1) is 19.8. The number of hydrogen-bond donors (Lipinski definition) is 1. The topological polar surface area (TPSA) is 79.0 Å². The van der Waals surface area contributed by atoms with Crippen LogP contribution in [-0.4, -0.2) is 75.7 Å². The Kier molecular flexibility index (Phi) is 7.37. The van der Waals surface area contributed by atoms with Crippen LogP contribution >= 0.6 is 0 Å². The summed E-state index contributed by atoms with van der Waals surface area (Å²) in [6, 6.07) is 7.84. The van der Waals surface area contributed by atoms with Crippen LogP contribution in [0.1, 0.15) is 11.1 Å². The summed E-state index contributed by atoms with van der Waals surface area (Å²) in [7, 11) is -3.44. The molecule has 0 spiro atoms. The molecule has 0 radical (unpaired) electrons. The van der Waals surface area contributed by atoms with Gasteiger partial charge in [-0.2, -0.15) is 4.31 Å². The van der Waals surface area contributed by atoms with Gasteiger partial charge in [0.2, 0.25) is 15.9 Å². The quantitative estimate of drug-likeness (QED) is 0.708. The number of morpholine rings is 1. The van der Waals surface area contributed by atoms with E-state index in [1.807, 2.05) is 31.2 Å². The number of hydrogen-bond acceptors (Lipinski definition) is 5. The van der Waals surface area contributed by atoms with Gasteiger partial charge in [-0.05, 0) is 12.5 Å². The fourth-order valence-electron chi connectivity index (χ4n) is 2.68. The number of sulfonamides is 1. The van der Waals surface area contributed by atoms with Crippen LogP contribution in [-0.2, 0) is 26.1 Å². The Morgan fingerprint density at radius 3 is 2.68 bits per heavy atom. The Morgan fingerprint density at radius 1 is 1.32 bits per heavy atom. The maximum atomic E-state index is 12.2. The fourth-order valence-corrected chi connectivity index (χ4v) is 3.44. The number of nitrogens with one attached hydrogen (secondary N) is 1. The number of benzene rings is 1. The van der Waals surface area contributed by atoms with Crippen molar-refractivity contribution in [3.8, 4) is 0 Å². The first-order valence-corrected chi connectivity index (χ1v) is 10.3. The van der Waals surface area contributed by atoms with Gasteiger partial charge in [0.25, 0.3) is 0 Å². The van der Waals surface area contributed by atoms with E-state index < -0.39 is 10.0 Å². The molecule has 1 N–H and O–H groups in total. The summed E-state index contributed by atoms with van der Waals surface area (Å²) < 4.78 is 30.4. The Labute approximate surface area is 150 Å². The predicted octanol–water partition coefficient (Wildman–Crippen LogP) is 0.205. The molecule has 1 aromatic rings. The van der Waals surface area contributed by atoms with Crippen molar-refractivity contribution in [2.75, 3.05) is 52.2 Å². The minimum absolute atomic E-state index is 0.158. The molecule has 140 valence electrons. The van der Waals surface area contributed by atoms with E-state index in [1.54, 1.807) is 0 Å². The number of aryl methyl sites for hydroxylation is 1. The van der Waals surface area contributed by atoms with Gasteiger partial charge < -0.3 is 10.1 Å². The Bertz CT molecular complexity index is 672. The van der Waals surface area contributed by atoms with Crippen molar-refractivity contribution >= 4 is 15.9 Å². The van der Waals surface area contributed by atoms with E-state index in [9.17, 15) is 13.2 Å². The highest BCUT2D eigenvalue weighted by Crippen LogP contribution is 2.04. The van der Waals surface area contributed by atoms with Gasteiger partial charge in [0.15, 0.2) is 0 Å². The first-order valence-electron chi connectivity index (χ1n) is 8.42. The number of amides is 1. The number of carbonyl (C=O) groups is 1. The molecular weight excluding hydrogens is 342 g/mol. The summed E-state index contributed by atoms with van der Waals surface area (Å²) in [5.41, 5.74) is 2.11. The molecule has 0 saturated carbocycles. The SMILES string of the molecule is Cc1cccc(CNC(=O)CN(CCN2CCOCC2)S(C)(=O)=O)c1. The van der Waals surface area contributed by atoms with Gasteiger partial charge >= 0.3 is 0 Å². The summed E-state index contributed by atoms with van der Waals surface area (Å²) in [6.07, 6.45) is 1.14. The van der Waals surface area contributed by atoms with E-state index in [-0.39, 0.29) is 12.5 Å². The van der Waals surface area contributed by atoms with E-state index in [0.717, 1.165) is 30.5 Å². The zero-order valence-electron chi connectivity index (χ0n) is 14.9. The molecule has 8 heteroatoms. The van der Waals surface area contributed by atoms with E-state index in [4.69, 9.17) is 4.74 Å². The molecule has 2 rings (SSSR count). The molecule has 1 amide bonds. The molecule has 1 heterocycles. The third kappa shape index (κ3) is 7.11. The maximum Gasteiger partial charge on any atom is 0.235 e. The average Bonchev–Trinajstić information content (AvgIpc) is 2.57. The molecule has 1 saturated heterocycles. The van der Waals surface area contributed by atoms with Crippen molar-refractivity contribution in [2.24, 2.45) is 0 Å². The molecule has 1 aliphatic rings. The normalized spacial score (nSPS) is 16.1. The van der Waals surface area contributed by atoms with Crippen LogP contribution in [0.15, 0.2) is 24.3 Å². The second-order valence-electron chi connectivity index (χ2n) is 6.32.